The molecular weight excluding hydrogens is 280 g/mol. The average molecular weight is 308 g/mol. The minimum Gasteiger partial charge on any atom is -0.376 e. The van der Waals surface area contributed by atoms with Gasteiger partial charge in [-0.2, -0.15) is 0 Å². The van der Waals surface area contributed by atoms with Crippen LogP contribution in [0.25, 0.3) is 0 Å². The smallest absolute Gasteiger partial charge is 0.239 e. The minimum atomic E-state index is -0.0791. The number of carbonyl (C=O) groups excluding carboxylic acids is 2. The number of amides is 2. The van der Waals surface area contributed by atoms with Gasteiger partial charge in [0.2, 0.25) is 11.8 Å². The highest BCUT2D eigenvalue weighted by Crippen LogP contribution is 2.19. The van der Waals surface area contributed by atoms with E-state index >= 15 is 0 Å². The predicted octanol–water partition coefficient (Wildman–Crippen LogP) is 2.02. The van der Waals surface area contributed by atoms with Gasteiger partial charge >= 0.3 is 0 Å². The molecule has 5 heteroatoms. The van der Waals surface area contributed by atoms with Crippen LogP contribution in [0, 0.1) is 0 Å². The fraction of sp³-hybridized carbons (Fsp3) is 0.765. The lowest BCUT2D eigenvalue weighted by Gasteiger charge is -2.23. The summed E-state index contributed by atoms with van der Waals surface area (Å²) in [6.07, 6.45) is 10.2. The Labute approximate surface area is 133 Å². The summed E-state index contributed by atoms with van der Waals surface area (Å²) in [5.41, 5.74) is 1.45. The van der Waals surface area contributed by atoms with E-state index in [2.05, 4.69) is 11.4 Å². The van der Waals surface area contributed by atoms with Crippen molar-refractivity contribution in [2.75, 3.05) is 26.2 Å². The van der Waals surface area contributed by atoms with Crippen LogP contribution < -0.4 is 5.32 Å². The SMILES string of the molecule is CC(=O)N(CC(=O)NCCC1=CCCCC1)CC1CCCO1. The second-order valence-corrected chi connectivity index (χ2v) is 6.24. The van der Waals surface area contributed by atoms with Gasteiger partial charge in [0.25, 0.3) is 0 Å². The zero-order chi connectivity index (χ0) is 15.8. The van der Waals surface area contributed by atoms with Crippen molar-refractivity contribution in [3.05, 3.63) is 11.6 Å². The van der Waals surface area contributed by atoms with Crippen molar-refractivity contribution >= 4 is 11.8 Å². The zero-order valence-electron chi connectivity index (χ0n) is 13.6. The third kappa shape index (κ3) is 5.79. The molecule has 0 aromatic heterocycles. The third-order valence-electron chi connectivity index (χ3n) is 4.38. The van der Waals surface area contributed by atoms with Crippen molar-refractivity contribution in [2.24, 2.45) is 0 Å². The van der Waals surface area contributed by atoms with Crippen molar-refractivity contribution < 1.29 is 14.3 Å². The molecule has 22 heavy (non-hydrogen) atoms. The van der Waals surface area contributed by atoms with Gasteiger partial charge in [-0.25, -0.2) is 0 Å². The summed E-state index contributed by atoms with van der Waals surface area (Å²) in [5.74, 6) is -0.148. The number of rotatable bonds is 7. The molecule has 1 saturated heterocycles. The quantitative estimate of drug-likeness (QED) is 0.732. The van der Waals surface area contributed by atoms with E-state index in [1.165, 1.54) is 31.8 Å². The largest absolute Gasteiger partial charge is 0.376 e. The molecule has 0 spiro atoms. The van der Waals surface area contributed by atoms with Crippen LogP contribution in [-0.4, -0.2) is 49.1 Å². The maximum absolute atomic E-state index is 12.0. The van der Waals surface area contributed by atoms with E-state index in [0.717, 1.165) is 32.3 Å². The Morgan fingerprint density at radius 1 is 1.36 bits per heavy atom. The topological polar surface area (TPSA) is 58.6 Å². The number of hydrogen-bond acceptors (Lipinski definition) is 3. The van der Waals surface area contributed by atoms with Gasteiger partial charge < -0.3 is 15.0 Å². The van der Waals surface area contributed by atoms with Crippen molar-refractivity contribution in [3.8, 4) is 0 Å². The standard InChI is InChI=1S/C17H28N2O3/c1-14(20)19(12-16-8-5-11-22-16)13-17(21)18-10-9-15-6-3-2-4-7-15/h6,16H,2-5,7-13H2,1H3,(H,18,21). The van der Waals surface area contributed by atoms with Gasteiger partial charge in [-0.05, 0) is 44.9 Å². The lowest BCUT2D eigenvalue weighted by atomic mass is 9.97. The van der Waals surface area contributed by atoms with Crippen LogP contribution in [0.5, 0.6) is 0 Å². The summed E-state index contributed by atoms with van der Waals surface area (Å²) in [7, 11) is 0. The minimum absolute atomic E-state index is 0.0689. The molecule has 2 amide bonds. The highest BCUT2D eigenvalue weighted by atomic mass is 16.5. The maximum atomic E-state index is 12.0. The summed E-state index contributed by atoms with van der Waals surface area (Å²) in [6.45, 7) is 3.59. The Morgan fingerprint density at radius 3 is 2.86 bits per heavy atom. The van der Waals surface area contributed by atoms with Crippen LogP contribution in [0.1, 0.15) is 51.9 Å². The van der Waals surface area contributed by atoms with E-state index < -0.39 is 0 Å². The van der Waals surface area contributed by atoms with Crippen molar-refractivity contribution in [2.45, 2.75) is 58.0 Å². The molecule has 1 aliphatic carbocycles. The second kappa shape index (κ2) is 8.93. The van der Waals surface area contributed by atoms with Crippen LogP contribution >= 0.6 is 0 Å². The van der Waals surface area contributed by atoms with Gasteiger partial charge in [0.1, 0.15) is 0 Å². The van der Waals surface area contributed by atoms with Gasteiger partial charge in [-0.3, -0.25) is 9.59 Å². The molecule has 0 radical (unpaired) electrons. The number of ether oxygens (including phenoxy) is 1. The number of hydrogen-bond donors (Lipinski definition) is 1. The lowest BCUT2D eigenvalue weighted by Crippen LogP contribution is -2.43. The Hall–Kier alpha value is -1.36. The fourth-order valence-electron chi connectivity index (χ4n) is 3.06. The van der Waals surface area contributed by atoms with E-state index in [1.807, 2.05) is 0 Å². The predicted molar refractivity (Wildman–Crippen MR) is 85.4 cm³/mol. The summed E-state index contributed by atoms with van der Waals surface area (Å²) in [6, 6.07) is 0. The van der Waals surface area contributed by atoms with Crippen molar-refractivity contribution in [3.63, 3.8) is 0 Å². The monoisotopic (exact) mass is 308 g/mol. The first-order valence-electron chi connectivity index (χ1n) is 8.47. The molecular formula is C17H28N2O3. The van der Waals surface area contributed by atoms with Crippen LogP contribution in [0.15, 0.2) is 11.6 Å². The Morgan fingerprint density at radius 2 is 2.23 bits per heavy atom. The number of carbonyl (C=O) groups is 2. The third-order valence-corrected chi connectivity index (χ3v) is 4.38. The molecule has 124 valence electrons. The lowest BCUT2D eigenvalue weighted by molar-refractivity contribution is -0.135. The van der Waals surface area contributed by atoms with Gasteiger partial charge in [-0.15, -0.1) is 0 Å². The second-order valence-electron chi connectivity index (χ2n) is 6.24. The van der Waals surface area contributed by atoms with Gasteiger partial charge in [0, 0.05) is 26.6 Å². The fourth-order valence-corrected chi connectivity index (χ4v) is 3.06. The molecule has 1 heterocycles. The molecule has 1 unspecified atom stereocenters. The summed E-state index contributed by atoms with van der Waals surface area (Å²) in [5, 5.41) is 2.93. The van der Waals surface area contributed by atoms with E-state index in [1.54, 1.807) is 4.90 Å². The highest BCUT2D eigenvalue weighted by molar-refractivity contribution is 5.83. The number of nitrogens with one attached hydrogen (secondary N) is 1. The number of nitrogens with zero attached hydrogens (tertiary/aromatic N) is 1. The first-order valence-corrected chi connectivity index (χ1v) is 8.47. The molecule has 5 nitrogen and oxygen atoms in total. The maximum Gasteiger partial charge on any atom is 0.239 e. The first-order chi connectivity index (χ1) is 10.6. The normalized spacial score (nSPS) is 21.3. The molecule has 2 rings (SSSR count). The molecule has 0 aromatic rings. The molecule has 1 aliphatic heterocycles. The van der Waals surface area contributed by atoms with Crippen LogP contribution in [0.4, 0.5) is 0 Å². The first kappa shape index (κ1) is 17.0. The molecule has 0 aromatic carbocycles. The summed E-state index contributed by atoms with van der Waals surface area (Å²) < 4.78 is 5.54. The average Bonchev–Trinajstić information content (AvgIpc) is 3.00. The van der Waals surface area contributed by atoms with Crippen LogP contribution in [-0.2, 0) is 14.3 Å². The number of allylic oxidation sites excluding steroid dienone is 1. The van der Waals surface area contributed by atoms with E-state index in [-0.39, 0.29) is 24.5 Å². The highest BCUT2D eigenvalue weighted by Gasteiger charge is 2.22. The van der Waals surface area contributed by atoms with Crippen LogP contribution in [0.2, 0.25) is 0 Å². The van der Waals surface area contributed by atoms with Crippen molar-refractivity contribution in [1.29, 1.82) is 0 Å². The van der Waals surface area contributed by atoms with Gasteiger partial charge in [-0.1, -0.05) is 11.6 Å². The molecule has 1 atom stereocenters. The zero-order valence-corrected chi connectivity index (χ0v) is 13.6. The van der Waals surface area contributed by atoms with E-state index in [4.69, 9.17) is 4.74 Å². The molecule has 1 fully saturated rings. The summed E-state index contributed by atoms with van der Waals surface area (Å²) in [4.78, 5) is 25.3. The Balaban J connectivity index is 1.68. The van der Waals surface area contributed by atoms with E-state index in [9.17, 15) is 9.59 Å². The molecule has 2 aliphatic rings. The molecule has 1 N–H and O–H groups in total. The summed E-state index contributed by atoms with van der Waals surface area (Å²) >= 11 is 0. The van der Waals surface area contributed by atoms with Crippen LogP contribution in [0.3, 0.4) is 0 Å². The van der Waals surface area contributed by atoms with Gasteiger partial charge in [0.05, 0.1) is 12.6 Å². The molecule has 0 saturated carbocycles. The Kier molecular flexibility index (Phi) is 6.90. The Bertz CT molecular complexity index is 414. The van der Waals surface area contributed by atoms with Crippen molar-refractivity contribution in [1.82, 2.24) is 10.2 Å². The molecule has 0 bridgehead atoms. The van der Waals surface area contributed by atoms with Gasteiger partial charge in [0.15, 0.2) is 0 Å². The van der Waals surface area contributed by atoms with E-state index in [0.29, 0.717) is 13.1 Å².